The van der Waals surface area contributed by atoms with Crippen molar-refractivity contribution in [1.82, 2.24) is 9.97 Å². The van der Waals surface area contributed by atoms with E-state index in [0.29, 0.717) is 5.92 Å². The van der Waals surface area contributed by atoms with Gasteiger partial charge >= 0.3 is 0 Å². The number of pyridine rings is 2. The summed E-state index contributed by atoms with van der Waals surface area (Å²) in [5.41, 5.74) is 8.44. The van der Waals surface area contributed by atoms with Gasteiger partial charge in [-0.05, 0) is 53.4 Å². The number of benzene rings is 3. The average molecular weight is 745 g/mol. The standard InChI is InChI=1S/C25H26NOSi.C12H10N.Ir/c1-28(2,3)23-13-7-11-20-19-10-6-12-21(24(19)27-25(20)23)22-15-14-18(16-26-22)17-8-4-5-9-17;1-10-7-8-12(13-9-10)11-5-3-2-4-6-11;/h6-7,10-11,13-17H,4-5,8-9H2,1-3H3;2-5,7-9H,1H3;/q2*-1;. The second kappa shape index (κ2) is 12.9. The maximum absolute atomic E-state index is 6.49. The number of para-hydroxylation sites is 1. The molecule has 0 bridgehead atoms. The van der Waals surface area contributed by atoms with E-state index in [1.807, 2.05) is 49.5 Å². The first kappa shape index (κ1) is 30.1. The summed E-state index contributed by atoms with van der Waals surface area (Å²) in [7, 11) is -1.50. The molecule has 6 aromatic rings. The zero-order chi connectivity index (χ0) is 28.4. The van der Waals surface area contributed by atoms with Crippen LogP contribution in [0.15, 0.2) is 95.7 Å². The number of hydrogen-bond donors (Lipinski definition) is 0. The van der Waals surface area contributed by atoms with Gasteiger partial charge in [0, 0.05) is 37.9 Å². The Balaban J connectivity index is 0.000000212. The summed E-state index contributed by atoms with van der Waals surface area (Å²) >= 11 is 0. The Bertz CT molecular complexity index is 1770. The maximum atomic E-state index is 6.49. The first-order valence-electron chi connectivity index (χ1n) is 14.6. The number of aromatic nitrogens is 2. The van der Waals surface area contributed by atoms with Crippen LogP contribution in [0.5, 0.6) is 0 Å². The maximum Gasteiger partial charge on any atom is 0.120 e. The van der Waals surface area contributed by atoms with Gasteiger partial charge in [-0.3, -0.25) is 0 Å². The second-order valence-electron chi connectivity index (χ2n) is 12.1. The fourth-order valence-corrected chi connectivity index (χ4v) is 7.24. The van der Waals surface area contributed by atoms with Gasteiger partial charge in [0.1, 0.15) is 5.58 Å². The number of nitrogens with zero attached hydrogens (tertiary/aromatic N) is 2. The van der Waals surface area contributed by atoms with Gasteiger partial charge in [0.05, 0.1) is 13.7 Å². The van der Waals surface area contributed by atoms with E-state index in [1.54, 1.807) is 0 Å². The van der Waals surface area contributed by atoms with Crippen LogP contribution in [0.1, 0.15) is 42.7 Å². The molecule has 42 heavy (non-hydrogen) atoms. The van der Waals surface area contributed by atoms with Gasteiger partial charge < -0.3 is 14.4 Å². The van der Waals surface area contributed by atoms with E-state index < -0.39 is 8.07 Å². The fraction of sp³-hybridized carbons (Fsp3) is 0.243. The minimum atomic E-state index is -1.50. The summed E-state index contributed by atoms with van der Waals surface area (Å²) in [4.78, 5) is 9.12. The van der Waals surface area contributed by atoms with Crippen molar-refractivity contribution in [2.24, 2.45) is 0 Å². The van der Waals surface area contributed by atoms with Crippen LogP contribution in [0, 0.1) is 19.1 Å². The van der Waals surface area contributed by atoms with Gasteiger partial charge in [0.25, 0.3) is 0 Å². The van der Waals surface area contributed by atoms with Gasteiger partial charge in [-0.2, -0.15) is 0 Å². The Morgan fingerprint density at radius 1 is 0.738 bits per heavy atom. The molecule has 1 aliphatic carbocycles. The van der Waals surface area contributed by atoms with E-state index in [2.05, 4.69) is 85.4 Å². The Morgan fingerprint density at radius 2 is 1.50 bits per heavy atom. The van der Waals surface area contributed by atoms with Crippen molar-refractivity contribution in [1.29, 1.82) is 0 Å². The van der Waals surface area contributed by atoms with Crippen molar-refractivity contribution < 1.29 is 24.5 Å². The Morgan fingerprint density at radius 3 is 2.17 bits per heavy atom. The van der Waals surface area contributed by atoms with Crippen molar-refractivity contribution in [3.8, 4) is 22.5 Å². The van der Waals surface area contributed by atoms with Crippen LogP contribution < -0.4 is 5.19 Å². The van der Waals surface area contributed by atoms with Crippen molar-refractivity contribution in [3.63, 3.8) is 0 Å². The molecule has 1 radical (unpaired) electrons. The molecule has 1 fully saturated rings. The third kappa shape index (κ3) is 6.34. The van der Waals surface area contributed by atoms with E-state index in [4.69, 9.17) is 9.40 Å². The van der Waals surface area contributed by atoms with Crippen LogP contribution in [0.4, 0.5) is 0 Å². The van der Waals surface area contributed by atoms with E-state index in [1.165, 1.54) is 47.4 Å². The summed E-state index contributed by atoms with van der Waals surface area (Å²) in [6.07, 6.45) is 9.22. The van der Waals surface area contributed by atoms with Gasteiger partial charge in [-0.15, -0.1) is 54.1 Å². The SMILES string of the molecule is C[Si](C)(C)c1cccc2c1oc1c(-c3ccc(C4CCCC4)cn3)[c-]ccc12.Cc1ccc(-c2[c-]cccc2)nc1.[Ir]. The van der Waals surface area contributed by atoms with Crippen LogP contribution in [-0.2, 0) is 20.1 Å². The zero-order valence-electron chi connectivity index (χ0n) is 24.7. The fourth-order valence-electron chi connectivity index (χ4n) is 5.78. The van der Waals surface area contributed by atoms with Crippen molar-refractivity contribution in [3.05, 3.63) is 115 Å². The van der Waals surface area contributed by atoms with Gasteiger partial charge in [0.2, 0.25) is 0 Å². The van der Waals surface area contributed by atoms with Crippen LogP contribution >= 0.6 is 0 Å². The summed E-state index contributed by atoms with van der Waals surface area (Å²) in [5.74, 6) is 0.687. The minimum absolute atomic E-state index is 0. The first-order chi connectivity index (χ1) is 19.9. The molecule has 3 heterocycles. The molecule has 0 unspecified atom stereocenters. The molecule has 0 aliphatic heterocycles. The molecule has 0 N–H and O–H groups in total. The quantitative estimate of drug-likeness (QED) is 0.133. The van der Waals surface area contributed by atoms with E-state index in [-0.39, 0.29) is 20.1 Å². The number of furan rings is 1. The van der Waals surface area contributed by atoms with E-state index in [9.17, 15) is 0 Å². The monoisotopic (exact) mass is 745 g/mol. The molecule has 0 spiro atoms. The summed E-state index contributed by atoms with van der Waals surface area (Å²) < 4.78 is 6.49. The Kier molecular flexibility index (Phi) is 9.22. The first-order valence-corrected chi connectivity index (χ1v) is 18.1. The molecule has 3 aromatic heterocycles. The molecule has 0 saturated heterocycles. The van der Waals surface area contributed by atoms with Gasteiger partial charge in [-0.1, -0.05) is 85.9 Å². The number of rotatable bonds is 4. The molecule has 0 amide bonds. The Hall–Kier alpha value is -3.37. The number of fused-ring (bicyclic) bond motifs is 3. The molecular formula is C37H36IrN2OSi-2. The molecular weight excluding hydrogens is 709 g/mol. The normalized spacial score (nSPS) is 13.5. The third-order valence-electron chi connectivity index (χ3n) is 8.03. The molecule has 3 nitrogen and oxygen atoms in total. The predicted octanol–water partition coefficient (Wildman–Crippen LogP) is 9.51. The number of hydrogen-bond acceptors (Lipinski definition) is 3. The van der Waals surface area contributed by atoms with Gasteiger partial charge in [0.15, 0.2) is 0 Å². The smallest absolute Gasteiger partial charge is 0.120 e. The summed E-state index contributed by atoms with van der Waals surface area (Å²) in [6.45, 7) is 9.13. The molecule has 7 rings (SSSR count). The van der Waals surface area contributed by atoms with Crippen LogP contribution in [0.3, 0.4) is 0 Å². The largest absolute Gasteiger partial charge is 0.501 e. The van der Waals surface area contributed by atoms with Crippen molar-refractivity contribution in [2.75, 3.05) is 0 Å². The van der Waals surface area contributed by atoms with E-state index >= 15 is 0 Å². The zero-order valence-corrected chi connectivity index (χ0v) is 28.1. The number of aryl methyl sites for hydroxylation is 1. The molecule has 3 aromatic carbocycles. The van der Waals surface area contributed by atoms with E-state index in [0.717, 1.165) is 39.1 Å². The van der Waals surface area contributed by atoms with Crippen molar-refractivity contribution >= 4 is 35.2 Å². The molecule has 1 saturated carbocycles. The summed E-state index contributed by atoms with van der Waals surface area (Å²) in [5, 5.41) is 3.73. The molecule has 215 valence electrons. The second-order valence-corrected chi connectivity index (χ2v) is 17.1. The minimum Gasteiger partial charge on any atom is -0.501 e. The topological polar surface area (TPSA) is 38.9 Å². The van der Waals surface area contributed by atoms with Gasteiger partial charge in [-0.25, -0.2) is 0 Å². The van der Waals surface area contributed by atoms with Crippen LogP contribution in [0.2, 0.25) is 19.6 Å². The summed E-state index contributed by atoms with van der Waals surface area (Å²) in [6, 6.07) is 33.5. The molecule has 1 aliphatic rings. The molecule has 0 atom stereocenters. The van der Waals surface area contributed by atoms with Crippen molar-refractivity contribution in [2.45, 2.75) is 58.2 Å². The van der Waals surface area contributed by atoms with Crippen LogP contribution in [0.25, 0.3) is 44.5 Å². The predicted molar refractivity (Wildman–Crippen MR) is 173 cm³/mol. The average Bonchev–Trinajstić information content (AvgIpc) is 3.67. The third-order valence-corrected chi connectivity index (χ3v) is 10.0. The Labute approximate surface area is 263 Å². The molecule has 5 heteroatoms. The van der Waals surface area contributed by atoms with Crippen LogP contribution in [-0.4, -0.2) is 18.0 Å².